The Bertz CT molecular complexity index is 494. The summed E-state index contributed by atoms with van der Waals surface area (Å²) < 4.78 is 15.7. The van der Waals surface area contributed by atoms with E-state index >= 15 is 0 Å². The summed E-state index contributed by atoms with van der Waals surface area (Å²) in [4.78, 5) is 0. The predicted octanol–water partition coefficient (Wildman–Crippen LogP) is 2.54. The van der Waals surface area contributed by atoms with E-state index in [0.29, 0.717) is 17.9 Å². The third-order valence-electron chi connectivity index (χ3n) is 2.81. The summed E-state index contributed by atoms with van der Waals surface area (Å²) in [6.45, 7) is 0. The topological polar surface area (TPSA) is 57.6 Å². The third-order valence-corrected chi connectivity index (χ3v) is 2.81. The van der Waals surface area contributed by atoms with Crippen molar-refractivity contribution in [2.75, 3.05) is 14.2 Å². The number of ether oxygens (including phenoxy) is 2. The highest BCUT2D eigenvalue weighted by molar-refractivity contribution is 5.43. The largest absolute Gasteiger partial charge is 0.493 e. The maximum Gasteiger partial charge on any atom is 0.160 e. The van der Waals surface area contributed by atoms with Gasteiger partial charge in [-0.15, -0.1) is 0 Å². The molecule has 1 heterocycles. The average Bonchev–Trinajstić information content (AvgIpc) is 2.92. The summed E-state index contributed by atoms with van der Waals surface area (Å²) in [5.74, 6) is 2.21. The van der Waals surface area contributed by atoms with Crippen LogP contribution in [0, 0.1) is 0 Å². The Balaban J connectivity index is 2.14. The summed E-state index contributed by atoms with van der Waals surface area (Å²) in [6.07, 6.45) is 2.32. The van der Waals surface area contributed by atoms with Gasteiger partial charge < -0.3 is 19.6 Å². The summed E-state index contributed by atoms with van der Waals surface area (Å²) in [6, 6.07) is 9.35. The quantitative estimate of drug-likeness (QED) is 0.882. The molecule has 2 N–H and O–H groups in total. The highest BCUT2D eigenvalue weighted by atomic mass is 16.5. The van der Waals surface area contributed by atoms with Crippen molar-refractivity contribution in [3.05, 3.63) is 47.9 Å². The maximum atomic E-state index is 6.07. The van der Waals surface area contributed by atoms with Gasteiger partial charge in [0.15, 0.2) is 11.5 Å². The molecule has 2 aromatic rings. The first-order valence-corrected chi connectivity index (χ1v) is 5.74. The van der Waals surface area contributed by atoms with Gasteiger partial charge in [0.1, 0.15) is 5.76 Å². The summed E-state index contributed by atoms with van der Waals surface area (Å²) in [5, 5.41) is 0. The minimum atomic E-state index is -0.155. The van der Waals surface area contributed by atoms with Crippen molar-refractivity contribution in [3.63, 3.8) is 0 Å². The number of benzene rings is 1. The predicted molar refractivity (Wildman–Crippen MR) is 68.9 cm³/mol. The van der Waals surface area contributed by atoms with Gasteiger partial charge in [-0.05, 0) is 36.2 Å². The lowest BCUT2D eigenvalue weighted by Gasteiger charge is -2.12. The van der Waals surface area contributed by atoms with E-state index in [1.807, 2.05) is 30.3 Å². The van der Waals surface area contributed by atoms with Crippen LogP contribution in [0.1, 0.15) is 17.4 Å². The monoisotopic (exact) mass is 247 g/mol. The lowest BCUT2D eigenvalue weighted by molar-refractivity contribution is 0.354. The van der Waals surface area contributed by atoms with E-state index in [1.165, 1.54) is 0 Å². The Kier molecular flexibility index (Phi) is 3.89. The smallest absolute Gasteiger partial charge is 0.160 e. The van der Waals surface area contributed by atoms with E-state index in [0.717, 1.165) is 11.3 Å². The SMILES string of the molecule is COc1ccc(CC(N)c2ccco2)cc1OC. The molecule has 1 atom stereocenters. The fraction of sp³-hybridized carbons (Fsp3) is 0.286. The van der Waals surface area contributed by atoms with Crippen LogP contribution in [0.15, 0.2) is 41.0 Å². The summed E-state index contributed by atoms with van der Waals surface area (Å²) in [7, 11) is 3.24. The number of furan rings is 1. The lowest BCUT2D eigenvalue weighted by Crippen LogP contribution is -2.12. The van der Waals surface area contributed by atoms with Crippen LogP contribution in [0.4, 0.5) is 0 Å². The Morgan fingerprint density at radius 3 is 2.56 bits per heavy atom. The molecule has 0 aliphatic carbocycles. The summed E-state index contributed by atoms with van der Waals surface area (Å²) in [5.41, 5.74) is 7.15. The molecule has 0 bridgehead atoms. The van der Waals surface area contributed by atoms with Crippen LogP contribution in [0.3, 0.4) is 0 Å². The van der Waals surface area contributed by atoms with Gasteiger partial charge in [-0.3, -0.25) is 0 Å². The van der Waals surface area contributed by atoms with Gasteiger partial charge in [0.05, 0.1) is 26.5 Å². The fourth-order valence-corrected chi connectivity index (χ4v) is 1.86. The molecule has 0 fully saturated rings. The second kappa shape index (κ2) is 5.60. The highest BCUT2D eigenvalue weighted by Crippen LogP contribution is 2.29. The molecule has 0 aliphatic heterocycles. The maximum absolute atomic E-state index is 6.07. The van der Waals surface area contributed by atoms with E-state index < -0.39 is 0 Å². The lowest BCUT2D eigenvalue weighted by atomic mass is 10.0. The Labute approximate surface area is 106 Å². The average molecular weight is 247 g/mol. The van der Waals surface area contributed by atoms with E-state index in [4.69, 9.17) is 19.6 Å². The number of nitrogens with two attached hydrogens (primary N) is 1. The van der Waals surface area contributed by atoms with Crippen LogP contribution in [-0.2, 0) is 6.42 Å². The molecule has 4 nitrogen and oxygen atoms in total. The Morgan fingerprint density at radius 2 is 1.94 bits per heavy atom. The van der Waals surface area contributed by atoms with Gasteiger partial charge in [0.2, 0.25) is 0 Å². The minimum Gasteiger partial charge on any atom is -0.493 e. The molecule has 4 heteroatoms. The first-order valence-electron chi connectivity index (χ1n) is 5.74. The van der Waals surface area contributed by atoms with Crippen molar-refractivity contribution in [2.24, 2.45) is 5.73 Å². The first-order chi connectivity index (χ1) is 8.74. The zero-order valence-electron chi connectivity index (χ0n) is 10.6. The van der Waals surface area contributed by atoms with Gasteiger partial charge in [-0.1, -0.05) is 6.07 Å². The number of methoxy groups -OCH3 is 2. The van der Waals surface area contributed by atoms with Crippen molar-refractivity contribution >= 4 is 0 Å². The van der Waals surface area contributed by atoms with Gasteiger partial charge >= 0.3 is 0 Å². The molecule has 2 rings (SSSR count). The van der Waals surface area contributed by atoms with Crippen LogP contribution in [-0.4, -0.2) is 14.2 Å². The number of hydrogen-bond acceptors (Lipinski definition) is 4. The number of rotatable bonds is 5. The molecule has 0 amide bonds. The van der Waals surface area contributed by atoms with E-state index in [1.54, 1.807) is 20.5 Å². The van der Waals surface area contributed by atoms with Crippen LogP contribution < -0.4 is 15.2 Å². The van der Waals surface area contributed by atoms with E-state index in [2.05, 4.69) is 0 Å². The zero-order valence-corrected chi connectivity index (χ0v) is 10.6. The van der Waals surface area contributed by atoms with Crippen LogP contribution in [0.25, 0.3) is 0 Å². The molecule has 1 unspecified atom stereocenters. The molecule has 0 saturated carbocycles. The second-order valence-corrected chi connectivity index (χ2v) is 4.02. The molecular formula is C14H17NO3. The second-order valence-electron chi connectivity index (χ2n) is 4.02. The molecule has 1 aromatic heterocycles. The van der Waals surface area contributed by atoms with E-state index in [-0.39, 0.29) is 6.04 Å². The summed E-state index contributed by atoms with van der Waals surface area (Å²) >= 11 is 0. The van der Waals surface area contributed by atoms with Crippen molar-refractivity contribution in [3.8, 4) is 11.5 Å². The van der Waals surface area contributed by atoms with Gasteiger partial charge in [0, 0.05) is 0 Å². The Morgan fingerprint density at radius 1 is 1.17 bits per heavy atom. The Hall–Kier alpha value is -1.94. The molecule has 0 radical (unpaired) electrons. The fourth-order valence-electron chi connectivity index (χ4n) is 1.86. The molecule has 0 saturated heterocycles. The van der Waals surface area contributed by atoms with Crippen LogP contribution >= 0.6 is 0 Å². The molecule has 18 heavy (non-hydrogen) atoms. The normalized spacial score (nSPS) is 12.2. The minimum absolute atomic E-state index is 0.155. The van der Waals surface area contributed by atoms with Crippen LogP contribution in [0.2, 0.25) is 0 Å². The van der Waals surface area contributed by atoms with Gasteiger partial charge in [0.25, 0.3) is 0 Å². The molecule has 96 valence electrons. The highest BCUT2D eigenvalue weighted by Gasteiger charge is 2.11. The number of hydrogen-bond donors (Lipinski definition) is 1. The molecule has 1 aromatic carbocycles. The third kappa shape index (κ3) is 2.65. The zero-order chi connectivity index (χ0) is 13.0. The molecular weight excluding hydrogens is 230 g/mol. The molecule has 0 aliphatic rings. The van der Waals surface area contributed by atoms with Crippen molar-refractivity contribution < 1.29 is 13.9 Å². The first kappa shape index (κ1) is 12.5. The van der Waals surface area contributed by atoms with Crippen molar-refractivity contribution in [2.45, 2.75) is 12.5 Å². The van der Waals surface area contributed by atoms with Crippen molar-refractivity contribution in [1.82, 2.24) is 0 Å². The van der Waals surface area contributed by atoms with Crippen LogP contribution in [0.5, 0.6) is 11.5 Å². The van der Waals surface area contributed by atoms with Crippen molar-refractivity contribution in [1.29, 1.82) is 0 Å². The van der Waals surface area contributed by atoms with E-state index in [9.17, 15) is 0 Å². The van der Waals surface area contributed by atoms with Gasteiger partial charge in [-0.2, -0.15) is 0 Å². The standard InChI is InChI=1S/C14H17NO3/c1-16-13-6-5-10(9-14(13)17-2)8-11(15)12-4-3-7-18-12/h3-7,9,11H,8,15H2,1-2H3. The molecule has 0 spiro atoms. The van der Waals surface area contributed by atoms with Gasteiger partial charge in [-0.25, -0.2) is 0 Å².